The maximum absolute atomic E-state index is 12.2. The largest absolute Gasteiger partial charge is 0.396 e. The zero-order valence-electron chi connectivity index (χ0n) is 11.3. The first-order valence-corrected chi connectivity index (χ1v) is 9.12. The van der Waals surface area contributed by atoms with Crippen molar-refractivity contribution in [3.8, 4) is 0 Å². The van der Waals surface area contributed by atoms with Crippen LogP contribution >= 0.6 is 11.8 Å². The summed E-state index contributed by atoms with van der Waals surface area (Å²) >= 11 is 1.62. The molecule has 1 aromatic carbocycles. The molecule has 0 saturated heterocycles. The number of aliphatic hydroxyl groups is 1. The highest BCUT2D eigenvalue weighted by molar-refractivity contribution is 7.98. The zero-order valence-corrected chi connectivity index (χ0v) is 12.9. The van der Waals surface area contributed by atoms with E-state index in [4.69, 9.17) is 5.11 Å². The Labute approximate surface area is 119 Å². The second-order valence-corrected chi connectivity index (χ2v) is 6.92. The highest BCUT2D eigenvalue weighted by atomic mass is 32.2. The first kappa shape index (κ1) is 16.5. The average molecular weight is 303 g/mol. The van der Waals surface area contributed by atoms with Crippen molar-refractivity contribution in [3.63, 3.8) is 0 Å². The van der Waals surface area contributed by atoms with Crippen molar-refractivity contribution in [2.75, 3.05) is 18.6 Å². The molecule has 0 aliphatic heterocycles. The fraction of sp³-hybridized carbons (Fsp3) is 0.538. The zero-order chi connectivity index (χ0) is 14.3. The first-order valence-electron chi connectivity index (χ1n) is 6.24. The maximum atomic E-state index is 12.2. The molecule has 0 aromatic heterocycles. The van der Waals surface area contributed by atoms with Gasteiger partial charge in [0.25, 0.3) is 0 Å². The van der Waals surface area contributed by atoms with E-state index in [0.717, 1.165) is 17.7 Å². The number of thioether (sulfide) groups is 1. The van der Waals surface area contributed by atoms with Crippen LogP contribution in [0.1, 0.15) is 18.9 Å². The molecule has 0 amide bonds. The van der Waals surface area contributed by atoms with Gasteiger partial charge >= 0.3 is 0 Å². The van der Waals surface area contributed by atoms with Crippen molar-refractivity contribution in [3.05, 3.63) is 29.8 Å². The third-order valence-corrected chi connectivity index (χ3v) is 5.09. The summed E-state index contributed by atoms with van der Waals surface area (Å²) in [5.74, 6) is 0.762. The predicted molar refractivity (Wildman–Crippen MR) is 80.0 cm³/mol. The van der Waals surface area contributed by atoms with E-state index in [2.05, 4.69) is 4.72 Å². The van der Waals surface area contributed by atoms with E-state index in [1.165, 1.54) is 0 Å². The number of nitrogens with one attached hydrogen (secondary N) is 1. The molecule has 0 heterocycles. The van der Waals surface area contributed by atoms with Crippen molar-refractivity contribution in [2.45, 2.75) is 30.7 Å². The van der Waals surface area contributed by atoms with Gasteiger partial charge in [-0.25, -0.2) is 13.1 Å². The Morgan fingerprint density at radius 3 is 2.42 bits per heavy atom. The smallest absolute Gasteiger partial charge is 0.240 e. The quantitative estimate of drug-likeness (QED) is 0.766. The normalized spacial score (nSPS) is 13.4. The van der Waals surface area contributed by atoms with E-state index >= 15 is 0 Å². The highest BCUT2D eigenvalue weighted by Gasteiger charge is 2.18. The lowest BCUT2D eigenvalue weighted by Crippen LogP contribution is -2.36. The summed E-state index contributed by atoms with van der Waals surface area (Å²) in [6.07, 6.45) is 3.27. The van der Waals surface area contributed by atoms with Crippen LogP contribution in [0.5, 0.6) is 0 Å². The minimum absolute atomic E-state index is 0.0443. The molecule has 0 spiro atoms. The van der Waals surface area contributed by atoms with Gasteiger partial charge in [0.2, 0.25) is 10.0 Å². The molecule has 0 saturated carbocycles. The molecule has 0 aliphatic rings. The van der Waals surface area contributed by atoms with Crippen molar-refractivity contribution in [1.82, 2.24) is 4.72 Å². The van der Waals surface area contributed by atoms with Gasteiger partial charge in [0.15, 0.2) is 0 Å². The molecule has 19 heavy (non-hydrogen) atoms. The summed E-state index contributed by atoms with van der Waals surface area (Å²) in [7, 11) is -3.45. The molecule has 1 atom stereocenters. The summed E-state index contributed by atoms with van der Waals surface area (Å²) in [5.41, 5.74) is 0.928. The maximum Gasteiger partial charge on any atom is 0.240 e. The predicted octanol–water partition coefficient (Wildman–Crippen LogP) is 1.64. The van der Waals surface area contributed by atoms with Gasteiger partial charge in [-0.15, -0.1) is 0 Å². The monoisotopic (exact) mass is 303 g/mol. The minimum Gasteiger partial charge on any atom is -0.396 e. The Morgan fingerprint density at radius 1 is 1.32 bits per heavy atom. The molecular formula is C13H21NO3S2. The number of benzene rings is 1. The Bertz CT molecular complexity index is 471. The van der Waals surface area contributed by atoms with E-state index in [9.17, 15) is 8.42 Å². The summed E-state index contributed by atoms with van der Waals surface area (Å²) < 4.78 is 27.1. The van der Waals surface area contributed by atoms with Crippen LogP contribution in [-0.4, -0.2) is 38.2 Å². The molecular weight excluding hydrogens is 282 g/mol. The molecule has 4 nitrogen and oxygen atoms in total. The van der Waals surface area contributed by atoms with Gasteiger partial charge < -0.3 is 5.11 Å². The first-order chi connectivity index (χ1) is 9.03. The van der Waals surface area contributed by atoms with Gasteiger partial charge in [-0.2, -0.15) is 11.8 Å². The van der Waals surface area contributed by atoms with Gasteiger partial charge in [-0.1, -0.05) is 19.1 Å². The van der Waals surface area contributed by atoms with Crippen LogP contribution in [0, 0.1) is 0 Å². The van der Waals surface area contributed by atoms with Crippen molar-refractivity contribution in [2.24, 2.45) is 0 Å². The molecule has 2 N–H and O–H groups in total. The van der Waals surface area contributed by atoms with Crippen LogP contribution in [0.15, 0.2) is 29.2 Å². The van der Waals surface area contributed by atoms with E-state index < -0.39 is 10.0 Å². The molecule has 0 radical (unpaired) electrons. The summed E-state index contributed by atoms with van der Waals surface area (Å²) in [5, 5.41) is 8.83. The number of hydrogen-bond donors (Lipinski definition) is 2. The number of aliphatic hydroxyl groups excluding tert-OH is 1. The molecule has 108 valence electrons. The van der Waals surface area contributed by atoms with Crippen LogP contribution in [0.2, 0.25) is 0 Å². The standard InChI is InChI=1S/C13H21NO3S2/c1-3-12(10-18-2)14-19(16,17)13-6-4-11(5-7-13)8-9-15/h4-7,12,14-15H,3,8-10H2,1-2H3. The summed E-state index contributed by atoms with van der Waals surface area (Å²) in [4.78, 5) is 0.272. The van der Waals surface area contributed by atoms with Crippen LogP contribution in [0.4, 0.5) is 0 Å². The number of sulfonamides is 1. The third kappa shape index (κ3) is 5.14. The third-order valence-electron chi connectivity index (χ3n) is 2.82. The second-order valence-electron chi connectivity index (χ2n) is 4.30. The van der Waals surface area contributed by atoms with Gasteiger partial charge in [0, 0.05) is 18.4 Å². The Kier molecular flexibility index (Phi) is 6.85. The molecule has 6 heteroatoms. The highest BCUT2D eigenvalue weighted by Crippen LogP contribution is 2.13. The van der Waals surface area contributed by atoms with Gasteiger partial charge in [0.05, 0.1) is 4.90 Å². The number of hydrogen-bond acceptors (Lipinski definition) is 4. The lowest BCUT2D eigenvalue weighted by molar-refractivity contribution is 0.299. The van der Waals surface area contributed by atoms with Gasteiger partial charge in [-0.3, -0.25) is 0 Å². The van der Waals surface area contributed by atoms with E-state index in [1.807, 2.05) is 13.2 Å². The van der Waals surface area contributed by atoms with E-state index in [-0.39, 0.29) is 17.5 Å². The fourth-order valence-electron chi connectivity index (χ4n) is 1.69. The van der Waals surface area contributed by atoms with E-state index in [0.29, 0.717) is 6.42 Å². The topological polar surface area (TPSA) is 66.4 Å². The van der Waals surface area contributed by atoms with Crippen LogP contribution < -0.4 is 4.72 Å². The number of rotatable bonds is 8. The lowest BCUT2D eigenvalue weighted by atomic mass is 10.2. The molecule has 1 rings (SSSR count). The molecule has 0 bridgehead atoms. The van der Waals surface area contributed by atoms with Gasteiger partial charge in [-0.05, 0) is 36.8 Å². The fourth-order valence-corrected chi connectivity index (χ4v) is 3.83. The molecule has 1 aromatic rings. The SMILES string of the molecule is CCC(CSC)NS(=O)(=O)c1ccc(CCO)cc1. The van der Waals surface area contributed by atoms with Gasteiger partial charge in [0.1, 0.15) is 0 Å². The Hall–Kier alpha value is -0.560. The second kappa shape index (κ2) is 7.89. The van der Waals surface area contributed by atoms with Crippen LogP contribution in [-0.2, 0) is 16.4 Å². The Morgan fingerprint density at radius 2 is 1.95 bits per heavy atom. The minimum atomic E-state index is -3.45. The summed E-state index contributed by atoms with van der Waals surface area (Å²) in [6, 6.07) is 6.59. The summed E-state index contributed by atoms with van der Waals surface area (Å²) in [6.45, 7) is 2.03. The van der Waals surface area contributed by atoms with Crippen LogP contribution in [0.25, 0.3) is 0 Å². The van der Waals surface area contributed by atoms with Crippen molar-refractivity contribution >= 4 is 21.8 Å². The Balaban J connectivity index is 2.81. The van der Waals surface area contributed by atoms with E-state index in [1.54, 1.807) is 36.0 Å². The molecule has 0 fully saturated rings. The molecule has 1 unspecified atom stereocenters. The van der Waals surface area contributed by atoms with Crippen molar-refractivity contribution < 1.29 is 13.5 Å². The lowest BCUT2D eigenvalue weighted by Gasteiger charge is -2.16. The van der Waals surface area contributed by atoms with Crippen LogP contribution in [0.3, 0.4) is 0 Å². The average Bonchev–Trinajstić information content (AvgIpc) is 2.39. The molecule has 0 aliphatic carbocycles. The van der Waals surface area contributed by atoms with Crippen molar-refractivity contribution in [1.29, 1.82) is 0 Å².